The number of carbonyl (C=O) groups excluding carboxylic acids is 1. The number of likely N-dealkylation sites (N-methyl/N-ethyl adjacent to an activating group) is 1. The molecule has 0 spiro atoms. The van der Waals surface area contributed by atoms with Crippen LogP contribution in [0.1, 0.15) is 12.0 Å². The van der Waals surface area contributed by atoms with Crippen molar-refractivity contribution in [2.45, 2.75) is 12.8 Å². The molecule has 3 aromatic rings. The van der Waals surface area contributed by atoms with E-state index in [9.17, 15) is 4.79 Å². The molecular formula is C22H27N5O. The van der Waals surface area contributed by atoms with Gasteiger partial charge in [-0.2, -0.15) is 0 Å². The van der Waals surface area contributed by atoms with Gasteiger partial charge in [-0.15, -0.1) is 0 Å². The second-order valence-electron chi connectivity index (χ2n) is 7.35. The standard InChI is InChI=1S/C22H27N5O/c1-25-14-16-26(17-15-25)21-24-19-11-5-6-12-20(19)27(21)22(28)23-13-7-10-18-8-3-2-4-9-18/h2-6,8-9,11-12H,7,10,13-17H2,1H3,(H,23,28). The van der Waals surface area contributed by atoms with E-state index >= 15 is 0 Å². The van der Waals surface area contributed by atoms with E-state index in [0.29, 0.717) is 6.54 Å². The Morgan fingerprint density at radius 3 is 2.50 bits per heavy atom. The number of hydrogen-bond acceptors (Lipinski definition) is 4. The third-order valence-electron chi connectivity index (χ3n) is 5.29. The van der Waals surface area contributed by atoms with Crippen LogP contribution in [-0.4, -0.2) is 60.3 Å². The Balaban J connectivity index is 1.48. The molecule has 1 amide bonds. The molecule has 1 aliphatic heterocycles. The van der Waals surface area contributed by atoms with Crippen LogP contribution in [0, 0.1) is 0 Å². The van der Waals surface area contributed by atoms with Gasteiger partial charge in [0.05, 0.1) is 11.0 Å². The van der Waals surface area contributed by atoms with Crippen molar-refractivity contribution >= 4 is 23.0 Å². The average Bonchev–Trinajstić information content (AvgIpc) is 3.12. The summed E-state index contributed by atoms with van der Waals surface area (Å²) in [6, 6.07) is 18.1. The number of anilines is 1. The first-order valence-electron chi connectivity index (χ1n) is 9.95. The summed E-state index contributed by atoms with van der Waals surface area (Å²) in [5, 5.41) is 3.08. The fraction of sp³-hybridized carbons (Fsp3) is 0.364. The van der Waals surface area contributed by atoms with E-state index in [2.05, 4.69) is 34.3 Å². The summed E-state index contributed by atoms with van der Waals surface area (Å²) in [6.07, 6.45) is 1.86. The van der Waals surface area contributed by atoms with Crippen LogP contribution < -0.4 is 10.2 Å². The maximum Gasteiger partial charge on any atom is 0.328 e. The van der Waals surface area contributed by atoms with Crippen LogP contribution in [0.4, 0.5) is 10.7 Å². The highest BCUT2D eigenvalue weighted by molar-refractivity contribution is 5.93. The molecule has 0 bridgehead atoms. The zero-order chi connectivity index (χ0) is 19.3. The second-order valence-corrected chi connectivity index (χ2v) is 7.35. The smallest absolute Gasteiger partial charge is 0.328 e. The molecule has 6 nitrogen and oxygen atoms in total. The third kappa shape index (κ3) is 4.02. The monoisotopic (exact) mass is 377 g/mol. The van der Waals surface area contributed by atoms with Crippen molar-refractivity contribution in [3.05, 3.63) is 60.2 Å². The van der Waals surface area contributed by atoms with E-state index in [4.69, 9.17) is 4.98 Å². The molecule has 146 valence electrons. The van der Waals surface area contributed by atoms with Gasteiger partial charge < -0.3 is 15.1 Å². The van der Waals surface area contributed by atoms with Gasteiger partial charge in [-0.05, 0) is 37.6 Å². The van der Waals surface area contributed by atoms with E-state index in [-0.39, 0.29) is 6.03 Å². The summed E-state index contributed by atoms with van der Waals surface area (Å²) in [5.74, 6) is 0.745. The minimum Gasteiger partial charge on any atom is -0.339 e. The zero-order valence-corrected chi connectivity index (χ0v) is 16.3. The summed E-state index contributed by atoms with van der Waals surface area (Å²) in [5.41, 5.74) is 3.01. The Morgan fingerprint density at radius 2 is 1.71 bits per heavy atom. The molecule has 1 fully saturated rings. The van der Waals surface area contributed by atoms with Crippen LogP contribution in [0.3, 0.4) is 0 Å². The lowest BCUT2D eigenvalue weighted by molar-refractivity contribution is 0.242. The Bertz CT molecular complexity index is 929. The van der Waals surface area contributed by atoms with Crippen LogP contribution in [0.5, 0.6) is 0 Å². The molecule has 0 unspecified atom stereocenters. The Labute approximate surface area is 165 Å². The van der Waals surface area contributed by atoms with Crippen molar-refractivity contribution in [1.82, 2.24) is 19.8 Å². The number of piperazine rings is 1. The summed E-state index contributed by atoms with van der Waals surface area (Å²) in [6.45, 7) is 4.34. The molecule has 4 rings (SSSR count). The molecule has 0 aliphatic carbocycles. The summed E-state index contributed by atoms with van der Waals surface area (Å²) < 4.78 is 1.74. The van der Waals surface area contributed by atoms with Crippen LogP contribution >= 0.6 is 0 Å². The number of nitrogens with zero attached hydrogens (tertiary/aromatic N) is 4. The number of amides is 1. The first kappa shape index (κ1) is 18.5. The fourth-order valence-electron chi connectivity index (χ4n) is 3.64. The van der Waals surface area contributed by atoms with Gasteiger partial charge in [0.1, 0.15) is 0 Å². The Morgan fingerprint density at radius 1 is 1.00 bits per heavy atom. The van der Waals surface area contributed by atoms with Crippen LogP contribution in [0.25, 0.3) is 11.0 Å². The number of imidazole rings is 1. The number of aromatic nitrogens is 2. The maximum absolute atomic E-state index is 13.0. The SMILES string of the molecule is CN1CCN(c2nc3ccccc3n2C(=O)NCCCc2ccccc2)CC1. The molecule has 0 atom stereocenters. The molecule has 1 aliphatic rings. The molecule has 1 aromatic heterocycles. The van der Waals surface area contributed by atoms with Crippen molar-refractivity contribution < 1.29 is 4.79 Å². The molecule has 0 radical (unpaired) electrons. The lowest BCUT2D eigenvalue weighted by atomic mass is 10.1. The van der Waals surface area contributed by atoms with Gasteiger partial charge in [0.15, 0.2) is 0 Å². The summed E-state index contributed by atoms with van der Waals surface area (Å²) >= 11 is 0. The highest BCUT2D eigenvalue weighted by Gasteiger charge is 2.23. The van der Waals surface area contributed by atoms with Crippen molar-refractivity contribution in [2.75, 3.05) is 44.7 Å². The Kier molecular flexibility index (Phi) is 5.58. The zero-order valence-electron chi connectivity index (χ0n) is 16.3. The van der Waals surface area contributed by atoms with Crippen molar-refractivity contribution in [3.63, 3.8) is 0 Å². The second kappa shape index (κ2) is 8.44. The third-order valence-corrected chi connectivity index (χ3v) is 5.29. The number of hydrogen-bond donors (Lipinski definition) is 1. The van der Waals surface area contributed by atoms with Gasteiger partial charge in [-0.3, -0.25) is 0 Å². The van der Waals surface area contributed by atoms with Gasteiger partial charge in [-0.1, -0.05) is 42.5 Å². The minimum atomic E-state index is -0.101. The number of fused-ring (bicyclic) bond motifs is 1. The van der Waals surface area contributed by atoms with Crippen molar-refractivity contribution in [1.29, 1.82) is 0 Å². The van der Waals surface area contributed by atoms with Crippen LogP contribution in [-0.2, 0) is 6.42 Å². The summed E-state index contributed by atoms with van der Waals surface area (Å²) in [7, 11) is 2.12. The van der Waals surface area contributed by atoms with Gasteiger partial charge in [0.2, 0.25) is 5.95 Å². The Hall–Kier alpha value is -2.86. The van der Waals surface area contributed by atoms with Gasteiger partial charge in [0.25, 0.3) is 0 Å². The molecule has 0 saturated carbocycles. The fourth-order valence-corrected chi connectivity index (χ4v) is 3.64. The summed E-state index contributed by atoms with van der Waals surface area (Å²) in [4.78, 5) is 22.3. The molecule has 2 heterocycles. The number of aryl methyl sites for hydroxylation is 1. The highest BCUT2D eigenvalue weighted by Crippen LogP contribution is 2.23. The predicted molar refractivity (Wildman–Crippen MR) is 113 cm³/mol. The lowest BCUT2D eigenvalue weighted by Crippen LogP contribution is -2.46. The highest BCUT2D eigenvalue weighted by atomic mass is 16.2. The van der Waals surface area contributed by atoms with E-state index in [0.717, 1.165) is 56.0 Å². The topological polar surface area (TPSA) is 53.4 Å². The number of carbonyl (C=O) groups is 1. The van der Waals surface area contributed by atoms with Gasteiger partial charge in [0, 0.05) is 32.7 Å². The molecule has 28 heavy (non-hydrogen) atoms. The van der Waals surface area contributed by atoms with Gasteiger partial charge >= 0.3 is 6.03 Å². The van der Waals surface area contributed by atoms with Crippen LogP contribution in [0.15, 0.2) is 54.6 Å². The minimum absolute atomic E-state index is 0.101. The maximum atomic E-state index is 13.0. The molecular weight excluding hydrogens is 350 g/mol. The van der Waals surface area contributed by atoms with Crippen molar-refractivity contribution in [3.8, 4) is 0 Å². The normalized spacial score (nSPS) is 15.1. The van der Waals surface area contributed by atoms with Gasteiger partial charge in [-0.25, -0.2) is 14.3 Å². The molecule has 6 heteroatoms. The number of rotatable bonds is 5. The molecule has 1 saturated heterocycles. The average molecular weight is 377 g/mol. The lowest BCUT2D eigenvalue weighted by Gasteiger charge is -2.33. The van der Waals surface area contributed by atoms with E-state index < -0.39 is 0 Å². The van der Waals surface area contributed by atoms with Crippen LogP contribution in [0.2, 0.25) is 0 Å². The quantitative estimate of drug-likeness (QED) is 0.695. The largest absolute Gasteiger partial charge is 0.339 e. The number of benzene rings is 2. The molecule has 1 N–H and O–H groups in total. The van der Waals surface area contributed by atoms with Crippen molar-refractivity contribution in [2.24, 2.45) is 0 Å². The van der Waals surface area contributed by atoms with E-state index in [1.807, 2.05) is 42.5 Å². The van der Waals surface area contributed by atoms with E-state index in [1.165, 1.54) is 5.56 Å². The molecule has 2 aromatic carbocycles. The first-order valence-corrected chi connectivity index (χ1v) is 9.95. The number of nitrogens with one attached hydrogen (secondary N) is 1. The van der Waals surface area contributed by atoms with E-state index in [1.54, 1.807) is 4.57 Å². The first-order chi connectivity index (χ1) is 13.7. The number of para-hydroxylation sites is 2. The predicted octanol–water partition coefficient (Wildman–Crippen LogP) is 2.98.